The fourth-order valence-electron chi connectivity index (χ4n) is 1.62. The third-order valence-electron chi connectivity index (χ3n) is 3.23. The molecule has 0 aromatic heterocycles. The quantitative estimate of drug-likeness (QED) is 0.571. The molecule has 0 fully saturated rings. The Morgan fingerprint density at radius 1 is 1.25 bits per heavy atom. The van der Waals surface area contributed by atoms with E-state index in [1.165, 1.54) is 0 Å². The molecular weight excluding hydrogens is 320 g/mol. The van der Waals surface area contributed by atoms with E-state index in [2.05, 4.69) is 36.7 Å². The van der Waals surface area contributed by atoms with Crippen molar-refractivity contribution in [3.05, 3.63) is 29.8 Å². The van der Waals surface area contributed by atoms with Crippen molar-refractivity contribution in [2.45, 2.75) is 27.7 Å². The molecule has 0 radical (unpaired) electrons. The summed E-state index contributed by atoms with van der Waals surface area (Å²) >= 11 is 3.53. The highest BCUT2D eigenvalue weighted by Gasteiger charge is 2.24. The minimum Gasteiger partial charge on any atom is -0.493 e. The minimum atomic E-state index is -0.299. The van der Waals surface area contributed by atoms with Gasteiger partial charge < -0.3 is 9.47 Å². The van der Waals surface area contributed by atoms with Crippen molar-refractivity contribution in [1.29, 1.82) is 0 Å². The summed E-state index contributed by atoms with van der Waals surface area (Å²) in [7, 11) is 0. The van der Waals surface area contributed by atoms with Gasteiger partial charge in [0.2, 0.25) is 0 Å². The number of hydrogen-bond donors (Lipinski definition) is 0. The monoisotopic (exact) mass is 342 g/mol. The zero-order chi connectivity index (χ0) is 15.2. The van der Waals surface area contributed by atoms with Crippen LogP contribution in [0.3, 0.4) is 0 Å². The van der Waals surface area contributed by atoms with Crippen LogP contribution in [-0.2, 0) is 4.74 Å². The second kappa shape index (κ2) is 7.67. The molecule has 0 saturated carbocycles. The van der Waals surface area contributed by atoms with Crippen LogP contribution >= 0.6 is 15.9 Å². The van der Waals surface area contributed by atoms with Crippen LogP contribution in [0.2, 0.25) is 0 Å². The summed E-state index contributed by atoms with van der Waals surface area (Å²) in [6.45, 7) is 9.43. The van der Waals surface area contributed by atoms with E-state index in [9.17, 15) is 4.79 Å². The summed E-state index contributed by atoms with van der Waals surface area (Å²) < 4.78 is 10.7. The van der Waals surface area contributed by atoms with Crippen LogP contribution in [-0.4, -0.2) is 24.5 Å². The van der Waals surface area contributed by atoms with Gasteiger partial charge in [0, 0.05) is 11.2 Å². The van der Waals surface area contributed by atoms with Gasteiger partial charge in [-0.3, -0.25) is 0 Å². The summed E-state index contributed by atoms with van der Waals surface area (Å²) in [6, 6.07) is 7.07. The lowest BCUT2D eigenvalue weighted by Gasteiger charge is -2.28. The maximum atomic E-state index is 11.5. The normalized spacial score (nSPS) is 12.8. The SMILES string of the molecule is CCOC(=O)c1ccc(OCC(CBr)C(C)(C)C)cc1. The van der Waals surface area contributed by atoms with Crippen molar-refractivity contribution in [3.63, 3.8) is 0 Å². The summed E-state index contributed by atoms with van der Waals surface area (Å²) in [6.07, 6.45) is 0. The van der Waals surface area contributed by atoms with Crippen molar-refractivity contribution in [1.82, 2.24) is 0 Å². The highest BCUT2D eigenvalue weighted by molar-refractivity contribution is 9.09. The zero-order valence-corrected chi connectivity index (χ0v) is 14.2. The van der Waals surface area contributed by atoms with Crippen LogP contribution in [0.25, 0.3) is 0 Å². The molecule has 0 amide bonds. The summed E-state index contributed by atoms with van der Waals surface area (Å²) in [5.41, 5.74) is 0.737. The first-order valence-electron chi connectivity index (χ1n) is 6.84. The number of carbonyl (C=O) groups is 1. The van der Waals surface area contributed by atoms with E-state index in [-0.39, 0.29) is 11.4 Å². The number of rotatable bonds is 6. The predicted molar refractivity (Wildman–Crippen MR) is 84.6 cm³/mol. The second-order valence-electron chi connectivity index (χ2n) is 5.77. The average molecular weight is 343 g/mol. The van der Waals surface area contributed by atoms with Crippen molar-refractivity contribution in [2.24, 2.45) is 11.3 Å². The Balaban J connectivity index is 2.60. The van der Waals surface area contributed by atoms with E-state index in [1.807, 2.05) is 0 Å². The van der Waals surface area contributed by atoms with E-state index in [0.29, 0.717) is 24.7 Å². The van der Waals surface area contributed by atoms with Gasteiger partial charge in [0.05, 0.1) is 18.8 Å². The first-order valence-corrected chi connectivity index (χ1v) is 7.96. The Morgan fingerprint density at radius 2 is 1.85 bits per heavy atom. The molecular formula is C16H23BrO3. The predicted octanol–water partition coefficient (Wildman–Crippen LogP) is 4.30. The van der Waals surface area contributed by atoms with Crippen molar-refractivity contribution in [2.75, 3.05) is 18.5 Å². The van der Waals surface area contributed by atoms with Crippen molar-refractivity contribution >= 4 is 21.9 Å². The lowest BCUT2D eigenvalue weighted by molar-refractivity contribution is 0.0526. The van der Waals surface area contributed by atoms with Gasteiger partial charge in [-0.1, -0.05) is 36.7 Å². The molecule has 1 aromatic rings. The molecule has 0 aliphatic heterocycles. The minimum absolute atomic E-state index is 0.189. The Labute approximate surface area is 129 Å². The fraction of sp³-hybridized carbons (Fsp3) is 0.562. The van der Waals surface area contributed by atoms with Gasteiger partial charge in [-0.2, -0.15) is 0 Å². The summed E-state index contributed by atoms with van der Waals surface area (Å²) in [5, 5.41) is 0.900. The zero-order valence-electron chi connectivity index (χ0n) is 12.6. The molecule has 0 saturated heterocycles. The molecule has 4 heteroatoms. The molecule has 0 N–H and O–H groups in total. The third-order valence-corrected chi connectivity index (χ3v) is 4.01. The van der Waals surface area contributed by atoms with Crippen LogP contribution in [0.4, 0.5) is 0 Å². The molecule has 1 aromatic carbocycles. The first-order chi connectivity index (χ1) is 9.38. The standard InChI is InChI=1S/C16H23BrO3/c1-5-19-15(18)12-6-8-14(9-7-12)20-11-13(10-17)16(2,3)4/h6-9,13H,5,10-11H2,1-4H3. The molecule has 0 aliphatic carbocycles. The lowest BCUT2D eigenvalue weighted by atomic mass is 9.83. The number of halogens is 1. The Morgan fingerprint density at radius 3 is 2.30 bits per heavy atom. The molecule has 1 atom stereocenters. The average Bonchev–Trinajstić information content (AvgIpc) is 2.39. The van der Waals surface area contributed by atoms with Crippen LogP contribution in [0, 0.1) is 11.3 Å². The smallest absolute Gasteiger partial charge is 0.338 e. The third kappa shape index (κ3) is 5.16. The van der Waals surface area contributed by atoms with E-state index >= 15 is 0 Å². The first kappa shape index (κ1) is 17.0. The van der Waals surface area contributed by atoms with Gasteiger partial charge >= 0.3 is 5.97 Å². The van der Waals surface area contributed by atoms with Gasteiger partial charge in [-0.15, -0.1) is 0 Å². The Kier molecular flexibility index (Phi) is 6.53. The van der Waals surface area contributed by atoms with Gasteiger partial charge in [0.15, 0.2) is 0 Å². The maximum absolute atomic E-state index is 11.5. The molecule has 0 aliphatic rings. The molecule has 1 rings (SSSR count). The van der Waals surface area contributed by atoms with E-state index in [4.69, 9.17) is 9.47 Å². The van der Waals surface area contributed by atoms with Crippen LogP contribution in [0.1, 0.15) is 38.1 Å². The van der Waals surface area contributed by atoms with Gasteiger partial charge in [-0.05, 0) is 36.6 Å². The molecule has 0 heterocycles. The van der Waals surface area contributed by atoms with Crippen molar-refractivity contribution in [3.8, 4) is 5.75 Å². The summed E-state index contributed by atoms with van der Waals surface area (Å²) in [5.74, 6) is 0.896. The lowest BCUT2D eigenvalue weighted by Crippen LogP contribution is -2.27. The molecule has 0 spiro atoms. The fourth-order valence-corrected chi connectivity index (χ4v) is 2.78. The molecule has 20 heavy (non-hydrogen) atoms. The molecule has 112 valence electrons. The van der Waals surface area contributed by atoms with Crippen LogP contribution < -0.4 is 4.74 Å². The van der Waals surface area contributed by atoms with Crippen LogP contribution in [0.5, 0.6) is 5.75 Å². The van der Waals surface area contributed by atoms with E-state index < -0.39 is 0 Å². The molecule has 0 bridgehead atoms. The number of esters is 1. The number of hydrogen-bond acceptors (Lipinski definition) is 3. The maximum Gasteiger partial charge on any atom is 0.338 e. The molecule has 1 unspecified atom stereocenters. The number of benzene rings is 1. The number of carbonyl (C=O) groups excluding carboxylic acids is 1. The Bertz CT molecular complexity index is 420. The largest absolute Gasteiger partial charge is 0.493 e. The van der Waals surface area contributed by atoms with E-state index in [0.717, 1.165) is 11.1 Å². The topological polar surface area (TPSA) is 35.5 Å². The van der Waals surface area contributed by atoms with E-state index in [1.54, 1.807) is 31.2 Å². The molecule has 3 nitrogen and oxygen atoms in total. The van der Waals surface area contributed by atoms with Gasteiger partial charge in [0.25, 0.3) is 0 Å². The van der Waals surface area contributed by atoms with Gasteiger partial charge in [-0.25, -0.2) is 4.79 Å². The number of ether oxygens (including phenoxy) is 2. The number of alkyl halides is 1. The second-order valence-corrected chi connectivity index (χ2v) is 6.42. The van der Waals surface area contributed by atoms with Crippen LogP contribution in [0.15, 0.2) is 24.3 Å². The highest BCUT2D eigenvalue weighted by atomic mass is 79.9. The Hall–Kier alpha value is -1.03. The highest BCUT2D eigenvalue weighted by Crippen LogP contribution is 2.28. The van der Waals surface area contributed by atoms with Gasteiger partial charge in [0.1, 0.15) is 5.75 Å². The van der Waals surface area contributed by atoms with Crippen molar-refractivity contribution < 1.29 is 14.3 Å². The summed E-state index contributed by atoms with van der Waals surface area (Å²) in [4.78, 5) is 11.5.